The summed E-state index contributed by atoms with van der Waals surface area (Å²) in [6.07, 6.45) is 6.00. The van der Waals surface area contributed by atoms with Crippen LogP contribution in [0.1, 0.15) is 47.9 Å². The smallest absolute Gasteiger partial charge is 0.264 e. The summed E-state index contributed by atoms with van der Waals surface area (Å²) in [4.78, 5) is 3.83. The summed E-state index contributed by atoms with van der Waals surface area (Å²) >= 11 is 6.28. The largest absolute Gasteiger partial charge is 0.417 e. The standard InChI is InChI=1S/C27H23ClF3N/c1-16-2-7-24-18(10-16)5-8-25-23-9-6-22(28)13-20(23)12-19(26(24)25)4-3-17-11-21(15-32-14-17)27(29,30)31/h5-6,8-16,19H,2-4,7H2,1H3. The van der Waals surface area contributed by atoms with E-state index in [4.69, 9.17) is 11.6 Å². The van der Waals surface area contributed by atoms with Crippen molar-refractivity contribution in [3.8, 4) is 0 Å². The number of nitrogens with zero attached hydrogens (tertiary/aromatic N) is 1. The van der Waals surface area contributed by atoms with E-state index in [9.17, 15) is 13.2 Å². The van der Waals surface area contributed by atoms with Crippen molar-refractivity contribution in [3.05, 3.63) is 96.9 Å². The van der Waals surface area contributed by atoms with Gasteiger partial charge in [-0.25, -0.2) is 0 Å². The molecule has 0 aliphatic heterocycles. The number of fused-ring (bicyclic) bond motifs is 4. The second-order valence-corrected chi connectivity index (χ2v) is 9.34. The zero-order valence-corrected chi connectivity index (χ0v) is 18.5. The summed E-state index contributed by atoms with van der Waals surface area (Å²) in [5.74, 6) is 0.663. The van der Waals surface area contributed by atoms with Crippen LogP contribution in [0.5, 0.6) is 0 Å². The third-order valence-corrected chi connectivity index (χ3v) is 6.86. The minimum atomic E-state index is -4.38. The van der Waals surface area contributed by atoms with E-state index in [0.717, 1.165) is 24.3 Å². The van der Waals surface area contributed by atoms with Crippen LogP contribution in [0, 0.1) is 16.4 Å². The topological polar surface area (TPSA) is 12.9 Å². The fourth-order valence-corrected chi connectivity index (χ4v) is 5.26. The summed E-state index contributed by atoms with van der Waals surface area (Å²) in [6.45, 7) is 2.24. The molecular formula is C27H23ClF3N. The Morgan fingerprint density at radius 3 is 2.62 bits per heavy atom. The number of halogens is 4. The van der Waals surface area contributed by atoms with E-state index < -0.39 is 11.7 Å². The maximum Gasteiger partial charge on any atom is 0.417 e. The van der Waals surface area contributed by atoms with Crippen molar-refractivity contribution in [1.29, 1.82) is 0 Å². The van der Waals surface area contributed by atoms with Crippen molar-refractivity contribution >= 4 is 23.8 Å². The quantitative estimate of drug-likeness (QED) is 0.480. The number of aryl methyl sites for hydroxylation is 1. The molecule has 0 saturated heterocycles. The lowest BCUT2D eigenvalue weighted by molar-refractivity contribution is -0.137. The van der Waals surface area contributed by atoms with Crippen LogP contribution < -0.4 is 10.4 Å². The van der Waals surface area contributed by atoms with Crippen molar-refractivity contribution in [2.75, 3.05) is 0 Å². The molecule has 3 aromatic rings. The number of pyridine rings is 1. The maximum atomic E-state index is 13.1. The summed E-state index contributed by atoms with van der Waals surface area (Å²) in [5, 5.41) is 5.45. The Morgan fingerprint density at radius 2 is 1.81 bits per heavy atom. The van der Waals surface area contributed by atoms with E-state index >= 15 is 0 Å². The van der Waals surface area contributed by atoms with Gasteiger partial charge in [0.15, 0.2) is 0 Å². The number of alkyl halides is 3. The Hall–Kier alpha value is -2.59. The van der Waals surface area contributed by atoms with Gasteiger partial charge in [-0.1, -0.05) is 48.9 Å². The van der Waals surface area contributed by atoms with Crippen LogP contribution >= 0.6 is 11.6 Å². The minimum absolute atomic E-state index is 0.113. The van der Waals surface area contributed by atoms with Gasteiger partial charge in [0.2, 0.25) is 0 Å². The number of benzene rings is 2. The minimum Gasteiger partial charge on any atom is -0.264 e. The van der Waals surface area contributed by atoms with E-state index in [1.807, 2.05) is 12.1 Å². The molecule has 2 aliphatic carbocycles. The molecule has 1 heterocycles. The van der Waals surface area contributed by atoms with Gasteiger partial charge in [0.25, 0.3) is 0 Å². The molecule has 0 N–H and O–H groups in total. The average molecular weight is 454 g/mol. The van der Waals surface area contributed by atoms with E-state index in [2.05, 4.69) is 42.3 Å². The Balaban J connectivity index is 1.61. The Labute approximate surface area is 189 Å². The van der Waals surface area contributed by atoms with Crippen LogP contribution in [0.2, 0.25) is 5.02 Å². The van der Waals surface area contributed by atoms with Crippen molar-refractivity contribution in [3.63, 3.8) is 0 Å². The molecular weight excluding hydrogens is 431 g/mol. The van der Waals surface area contributed by atoms with Crippen LogP contribution in [-0.4, -0.2) is 4.98 Å². The van der Waals surface area contributed by atoms with Gasteiger partial charge in [-0.05, 0) is 87.4 Å². The predicted octanol–water partition coefficient (Wildman–Crippen LogP) is 5.91. The van der Waals surface area contributed by atoms with Crippen LogP contribution in [0.4, 0.5) is 13.2 Å². The van der Waals surface area contributed by atoms with Crippen molar-refractivity contribution < 1.29 is 13.2 Å². The second kappa shape index (κ2) is 8.08. The van der Waals surface area contributed by atoms with E-state index in [1.165, 1.54) is 32.8 Å². The van der Waals surface area contributed by atoms with Gasteiger partial charge < -0.3 is 0 Å². The maximum absolute atomic E-state index is 13.1. The molecule has 2 aromatic carbocycles. The number of rotatable bonds is 3. The first kappa shape index (κ1) is 21.3. The third kappa shape index (κ3) is 3.97. The third-order valence-electron chi connectivity index (χ3n) is 6.63. The molecule has 0 spiro atoms. The first-order valence-electron chi connectivity index (χ1n) is 11.0. The molecule has 32 heavy (non-hydrogen) atoms. The lowest BCUT2D eigenvalue weighted by Crippen LogP contribution is -2.24. The highest BCUT2D eigenvalue weighted by atomic mass is 35.5. The summed E-state index contributed by atoms with van der Waals surface area (Å²) < 4.78 is 39.4. The molecule has 0 bridgehead atoms. The predicted molar refractivity (Wildman–Crippen MR) is 122 cm³/mol. The average Bonchev–Trinajstić information content (AvgIpc) is 2.76. The highest BCUT2D eigenvalue weighted by Gasteiger charge is 2.31. The highest BCUT2D eigenvalue weighted by Crippen LogP contribution is 2.33. The lowest BCUT2D eigenvalue weighted by atomic mass is 9.79. The fraction of sp³-hybridized carbons (Fsp3) is 0.296. The Bertz CT molecular complexity index is 1410. The molecule has 0 radical (unpaired) electrons. The first-order chi connectivity index (χ1) is 15.3. The van der Waals surface area contributed by atoms with Crippen LogP contribution in [-0.2, 0) is 19.0 Å². The Kier molecular flexibility index (Phi) is 5.37. The number of hydrogen-bond donors (Lipinski definition) is 0. The van der Waals surface area contributed by atoms with Crippen molar-refractivity contribution in [2.24, 2.45) is 5.92 Å². The molecule has 5 heteroatoms. The van der Waals surface area contributed by atoms with E-state index in [-0.39, 0.29) is 5.92 Å². The summed E-state index contributed by atoms with van der Waals surface area (Å²) in [7, 11) is 0. The molecule has 0 fully saturated rings. The van der Waals surface area contributed by atoms with Crippen LogP contribution in [0.3, 0.4) is 0 Å². The van der Waals surface area contributed by atoms with Crippen molar-refractivity contribution in [2.45, 2.75) is 44.7 Å². The normalized spacial score (nSPS) is 19.3. The molecule has 1 nitrogen and oxygen atoms in total. The molecule has 2 unspecified atom stereocenters. The zero-order valence-electron chi connectivity index (χ0n) is 17.7. The van der Waals surface area contributed by atoms with Crippen molar-refractivity contribution in [1.82, 2.24) is 4.98 Å². The molecule has 0 amide bonds. The van der Waals surface area contributed by atoms with Gasteiger partial charge in [-0.3, -0.25) is 4.98 Å². The lowest BCUT2D eigenvalue weighted by Gasteiger charge is -2.25. The zero-order chi connectivity index (χ0) is 22.5. The Morgan fingerprint density at radius 1 is 1.00 bits per heavy atom. The molecule has 1 aromatic heterocycles. The molecule has 2 aliphatic rings. The highest BCUT2D eigenvalue weighted by molar-refractivity contribution is 6.30. The van der Waals surface area contributed by atoms with E-state index in [1.54, 1.807) is 6.20 Å². The SMILES string of the molecule is CC1C=c2ccc3c(c2CC1)C(CCc1cncc(C(F)(F)F)c1)C=c1cc(Cl)ccc1=3. The van der Waals surface area contributed by atoms with E-state index in [0.29, 0.717) is 29.3 Å². The van der Waals surface area contributed by atoms with Gasteiger partial charge in [0.1, 0.15) is 0 Å². The first-order valence-corrected chi connectivity index (χ1v) is 11.3. The fourth-order valence-electron chi connectivity index (χ4n) is 5.08. The van der Waals surface area contributed by atoms with Gasteiger partial charge in [0, 0.05) is 23.3 Å². The second-order valence-electron chi connectivity index (χ2n) is 8.90. The monoisotopic (exact) mass is 453 g/mol. The van der Waals surface area contributed by atoms with Gasteiger partial charge in [-0.15, -0.1) is 0 Å². The van der Waals surface area contributed by atoms with Gasteiger partial charge in [-0.2, -0.15) is 13.2 Å². The van der Waals surface area contributed by atoms with Gasteiger partial charge in [0.05, 0.1) is 5.56 Å². The van der Waals surface area contributed by atoms with Gasteiger partial charge >= 0.3 is 6.18 Å². The molecule has 5 rings (SSSR count). The molecule has 2 atom stereocenters. The summed E-state index contributed by atoms with van der Waals surface area (Å²) in [5.41, 5.74) is 2.61. The van der Waals surface area contributed by atoms with Crippen LogP contribution in [0.25, 0.3) is 12.2 Å². The molecule has 0 saturated carbocycles. The number of hydrogen-bond acceptors (Lipinski definition) is 1. The molecule has 164 valence electrons. The summed E-state index contributed by atoms with van der Waals surface area (Å²) in [6, 6.07) is 11.6. The number of aromatic nitrogens is 1. The van der Waals surface area contributed by atoms with Crippen LogP contribution in [0.15, 0.2) is 48.8 Å².